The van der Waals surface area contributed by atoms with Crippen LogP contribution in [-0.2, 0) is 4.79 Å². The van der Waals surface area contributed by atoms with Crippen molar-refractivity contribution in [2.45, 2.75) is 20.3 Å². The van der Waals surface area contributed by atoms with Gasteiger partial charge in [-0.15, -0.1) is 0 Å². The molecular weight excluding hydrogens is 216 g/mol. The Labute approximate surface area is 102 Å². The van der Waals surface area contributed by atoms with Gasteiger partial charge in [-0.3, -0.25) is 4.79 Å². The van der Waals surface area contributed by atoms with E-state index in [1.165, 1.54) is 0 Å². The second kappa shape index (κ2) is 6.78. The highest BCUT2D eigenvalue weighted by Crippen LogP contribution is 2.19. The van der Waals surface area contributed by atoms with Gasteiger partial charge in [0.15, 0.2) is 0 Å². The number of para-hydroxylation sites is 2. The number of nitrogen functional groups attached to an aromatic ring is 1. The first kappa shape index (κ1) is 13.4. The highest BCUT2D eigenvalue weighted by atomic mass is 16.5. The maximum Gasteiger partial charge on any atom is 0.223 e. The predicted molar refractivity (Wildman–Crippen MR) is 68.8 cm³/mol. The second-order valence-corrected chi connectivity index (χ2v) is 4.33. The molecule has 0 spiro atoms. The Morgan fingerprint density at radius 1 is 1.41 bits per heavy atom. The van der Waals surface area contributed by atoms with E-state index in [2.05, 4.69) is 19.2 Å². The van der Waals surface area contributed by atoms with Gasteiger partial charge < -0.3 is 15.8 Å². The minimum Gasteiger partial charge on any atom is -0.491 e. The molecule has 0 atom stereocenters. The molecule has 94 valence electrons. The molecule has 0 aromatic heterocycles. The lowest BCUT2D eigenvalue weighted by Crippen LogP contribution is -2.28. The number of hydrogen-bond acceptors (Lipinski definition) is 3. The Morgan fingerprint density at radius 2 is 2.12 bits per heavy atom. The minimum atomic E-state index is 0.00759. The van der Waals surface area contributed by atoms with Gasteiger partial charge in [-0.05, 0) is 18.1 Å². The zero-order valence-electron chi connectivity index (χ0n) is 10.4. The van der Waals surface area contributed by atoms with Crippen LogP contribution in [0.2, 0.25) is 0 Å². The first-order valence-corrected chi connectivity index (χ1v) is 5.83. The summed E-state index contributed by atoms with van der Waals surface area (Å²) in [6.45, 7) is 5.16. The summed E-state index contributed by atoms with van der Waals surface area (Å²) in [6, 6.07) is 7.26. The number of carbonyl (C=O) groups excluding carboxylic acids is 1. The summed E-state index contributed by atoms with van der Waals surface area (Å²) in [4.78, 5) is 11.4. The third kappa shape index (κ3) is 5.24. The Kier molecular flexibility index (Phi) is 5.33. The number of benzene rings is 1. The van der Waals surface area contributed by atoms with Crippen LogP contribution in [0.4, 0.5) is 5.69 Å². The maximum absolute atomic E-state index is 11.4. The predicted octanol–water partition coefficient (Wildman–Crippen LogP) is 1.81. The molecule has 17 heavy (non-hydrogen) atoms. The molecule has 3 N–H and O–H groups in total. The molecule has 4 heteroatoms. The maximum atomic E-state index is 11.4. The number of carbonyl (C=O) groups is 1. The van der Waals surface area contributed by atoms with Crippen LogP contribution in [0.3, 0.4) is 0 Å². The molecule has 1 amide bonds. The van der Waals surface area contributed by atoms with E-state index >= 15 is 0 Å². The van der Waals surface area contributed by atoms with Crippen LogP contribution in [0.1, 0.15) is 20.3 Å². The van der Waals surface area contributed by atoms with E-state index in [1.807, 2.05) is 12.1 Å². The van der Waals surface area contributed by atoms with Crippen molar-refractivity contribution < 1.29 is 9.53 Å². The van der Waals surface area contributed by atoms with Crippen LogP contribution in [0.25, 0.3) is 0 Å². The van der Waals surface area contributed by atoms with Crippen molar-refractivity contribution in [3.63, 3.8) is 0 Å². The molecule has 0 aliphatic heterocycles. The topological polar surface area (TPSA) is 64.3 Å². The zero-order valence-corrected chi connectivity index (χ0v) is 10.4. The number of rotatable bonds is 6. The average Bonchev–Trinajstić information content (AvgIpc) is 2.29. The molecule has 0 radical (unpaired) electrons. The lowest BCUT2D eigenvalue weighted by atomic mass is 10.2. The first-order valence-electron chi connectivity index (χ1n) is 5.83. The molecule has 0 aliphatic rings. The van der Waals surface area contributed by atoms with Crippen LogP contribution >= 0.6 is 0 Å². The van der Waals surface area contributed by atoms with E-state index in [4.69, 9.17) is 10.5 Å². The summed E-state index contributed by atoms with van der Waals surface area (Å²) in [7, 11) is 0. The molecule has 0 bridgehead atoms. The van der Waals surface area contributed by atoms with Gasteiger partial charge in [0.25, 0.3) is 0 Å². The van der Waals surface area contributed by atoms with Crippen LogP contribution in [0.5, 0.6) is 5.75 Å². The van der Waals surface area contributed by atoms with Crippen LogP contribution in [0, 0.1) is 5.92 Å². The molecule has 1 aromatic carbocycles. The highest BCUT2D eigenvalue weighted by Gasteiger charge is 2.03. The number of ether oxygens (including phenoxy) is 1. The number of nitrogens with one attached hydrogen (secondary N) is 1. The standard InChI is InChI=1S/C13H20N2O2/c1-10(2)9-15-13(16)7-8-17-12-6-4-3-5-11(12)14/h3-6,10H,7-9,14H2,1-2H3,(H,15,16). The summed E-state index contributed by atoms with van der Waals surface area (Å²) in [6.07, 6.45) is 0.348. The largest absolute Gasteiger partial charge is 0.491 e. The van der Waals surface area contributed by atoms with Gasteiger partial charge in [-0.2, -0.15) is 0 Å². The van der Waals surface area contributed by atoms with Crippen molar-refractivity contribution in [3.05, 3.63) is 24.3 Å². The van der Waals surface area contributed by atoms with Crippen LogP contribution in [-0.4, -0.2) is 19.1 Å². The van der Waals surface area contributed by atoms with Crippen molar-refractivity contribution in [2.75, 3.05) is 18.9 Å². The average molecular weight is 236 g/mol. The third-order valence-electron chi connectivity index (χ3n) is 2.21. The van der Waals surface area contributed by atoms with Gasteiger partial charge in [0.2, 0.25) is 5.91 Å². The van der Waals surface area contributed by atoms with E-state index in [0.717, 1.165) is 0 Å². The lowest BCUT2D eigenvalue weighted by molar-refractivity contribution is -0.121. The quantitative estimate of drug-likeness (QED) is 0.740. The molecule has 0 aliphatic carbocycles. The fourth-order valence-electron chi connectivity index (χ4n) is 1.27. The fourth-order valence-corrected chi connectivity index (χ4v) is 1.27. The number of nitrogens with two attached hydrogens (primary N) is 1. The Morgan fingerprint density at radius 3 is 2.76 bits per heavy atom. The smallest absolute Gasteiger partial charge is 0.223 e. The summed E-state index contributed by atoms with van der Waals surface area (Å²) < 4.78 is 5.43. The number of amides is 1. The van der Waals surface area contributed by atoms with Crippen molar-refractivity contribution in [3.8, 4) is 5.75 Å². The molecule has 0 saturated heterocycles. The molecule has 0 fully saturated rings. The summed E-state index contributed by atoms with van der Waals surface area (Å²) in [5, 5.41) is 2.83. The van der Waals surface area contributed by atoms with Crippen molar-refractivity contribution in [2.24, 2.45) is 5.92 Å². The number of anilines is 1. The number of hydrogen-bond donors (Lipinski definition) is 2. The monoisotopic (exact) mass is 236 g/mol. The van der Waals surface area contributed by atoms with Gasteiger partial charge in [-0.25, -0.2) is 0 Å². The molecule has 0 unspecified atom stereocenters. The third-order valence-corrected chi connectivity index (χ3v) is 2.21. The summed E-state index contributed by atoms with van der Waals surface area (Å²) >= 11 is 0. The van der Waals surface area contributed by atoms with E-state index in [0.29, 0.717) is 36.9 Å². The Balaban J connectivity index is 2.24. The van der Waals surface area contributed by atoms with Gasteiger partial charge in [-0.1, -0.05) is 26.0 Å². The summed E-state index contributed by atoms with van der Waals surface area (Å²) in [5.74, 6) is 1.10. The normalized spacial score (nSPS) is 10.3. The SMILES string of the molecule is CC(C)CNC(=O)CCOc1ccccc1N. The van der Waals surface area contributed by atoms with Crippen molar-refractivity contribution in [1.29, 1.82) is 0 Å². The molecule has 4 nitrogen and oxygen atoms in total. The van der Waals surface area contributed by atoms with Gasteiger partial charge in [0.1, 0.15) is 5.75 Å². The van der Waals surface area contributed by atoms with E-state index in [9.17, 15) is 4.79 Å². The lowest BCUT2D eigenvalue weighted by Gasteiger charge is -2.09. The van der Waals surface area contributed by atoms with Gasteiger partial charge in [0, 0.05) is 6.54 Å². The van der Waals surface area contributed by atoms with Crippen molar-refractivity contribution >= 4 is 11.6 Å². The zero-order chi connectivity index (χ0) is 12.7. The van der Waals surface area contributed by atoms with E-state index in [-0.39, 0.29) is 5.91 Å². The highest BCUT2D eigenvalue weighted by molar-refractivity contribution is 5.76. The van der Waals surface area contributed by atoms with Crippen molar-refractivity contribution in [1.82, 2.24) is 5.32 Å². The second-order valence-electron chi connectivity index (χ2n) is 4.33. The molecular formula is C13H20N2O2. The Hall–Kier alpha value is -1.71. The molecule has 0 saturated carbocycles. The van der Waals surface area contributed by atoms with Crippen LogP contribution < -0.4 is 15.8 Å². The Bertz CT molecular complexity index is 364. The molecule has 1 rings (SSSR count). The van der Waals surface area contributed by atoms with E-state index in [1.54, 1.807) is 12.1 Å². The first-order chi connectivity index (χ1) is 8.09. The minimum absolute atomic E-state index is 0.00759. The molecule has 1 aromatic rings. The van der Waals surface area contributed by atoms with Gasteiger partial charge in [0.05, 0.1) is 18.7 Å². The molecule has 0 heterocycles. The summed E-state index contributed by atoms with van der Waals surface area (Å²) in [5.41, 5.74) is 6.30. The van der Waals surface area contributed by atoms with Crippen LogP contribution in [0.15, 0.2) is 24.3 Å². The fraction of sp³-hybridized carbons (Fsp3) is 0.462. The van der Waals surface area contributed by atoms with E-state index < -0.39 is 0 Å². The van der Waals surface area contributed by atoms with Gasteiger partial charge >= 0.3 is 0 Å².